The molecule has 4 aromatic rings. The summed E-state index contributed by atoms with van der Waals surface area (Å²) in [7, 11) is 0. The molecular formula is C39H35Br2Cl2Zr. The number of rotatable bonds is 3. The quantitative estimate of drug-likeness (QED) is 0.241. The van der Waals surface area contributed by atoms with Crippen molar-refractivity contribution in [3.8, 4) is 11.1 Å². The van der Waals surface area contributed by atoms with E-state index in [0.29, 0.717) is 0 Å². The molecule has 0 nitrogen and oxygen atoms in total. The number of allylic oxidation sites excluding steroid dienone is 4. The smallest absolute Gasteiger partial charge is 1.00 e. The van der Waals surface area contributed by atoms with Gasteiger partial charge in [-0.05, 0) is 63.4 Å². The molecule has 0 aromatic heterocycles. The second kappa shape index (κ2) is 14.1. The number of fused-ring (bicyclic) bond motifs is 3. The minimum absolute atomic E-state index is 0. The number of benzene rings is 4. The van der Waals surface area contributed by atoms with E-state index in [9.17, 15) is 0 Å². The molecule has 0 bridgehead atoms. The van der Waals surface area contributed by atoms with E-state index in [1.54, 1.807) is 0 Å². The summed E-state index contributed by atoms with van der Waals surface area (Å²) in [4.78, 5) is 0. The number of hydrogen-bond acceptors (Lipinski definition) is 0. The molecule has 1 radical (unpaired) electrons. The second-order valence-electron chi connectivity index (χ2n) is 13.2. The fourth-order valence-electron chi connectivity index (χ4n) is 6.20. The Morgan fingerprint density at radius 2 is 1.34 bits per heavy atom. The average molecular weight is 826 g/mol. The summed E-state index contributed by atoms with van der Waals surface area (Å²) in [5.41, 5.74) is 12.8. The van der Waals surface area contributed by atoms with E-state index in [2.05, 4.69) is 171 Å². The molecule has 2 aliphatic carbocycles. The van der Waals surface area contributed by atoms with Gasteiger partial charge in [0.05, 0.1) is 0 Å². The van der Waals surface area contributed by atoms with Gasteiger partial charge in [0.15, 0.2) is 0 Å². The molecule has 4 aromatic carbocycles. The van der Waals surface area contributed by atoms with Crippen LogP contribution in [0.1, 0.15) is 81.3 Å². The maximum atomic E-state index is 3.92. The molecule has 0 saturated heterocycles. The van der Waals surface area contributed by atoms with Crippen molar-refractivity contribution in [1.29, 1.82) is 0 Å². The van der Waals surface area contributed by atoms with Crippen molar-refractivity contribution in [3.63, 3.8) is 0 Å². The van der Waals surface area contributed by atoms with E-state index >= 15 is 0 Å². The normalized spacial score (nSPS) is 13.0. The summed E-state index contributed by atoms with van der Waals surface area (Å²) in [6.07, 6.45) is 11.6. The summed E-state index contributed by atoms with van der Waals surface area (Å²) < 4.78 is 2.15. The molecule has 223 valence electrons. The molecule has 0 unspecified atom stereocenters. The zero-order chi connectivity index (χ0) is 29.1. The molecule has 0 spiro atoms. The molecule has 0 saturated carbocycles. The van der Waals surface area contributed by atoms with Crippen LogP contribution in [0.15, 0.2) is 100.0 Å². The van der Waals surface area contributed by atoms with Crippen LogP contribution in [0.25, 0.3) is 28.3 Å². The van der Waals surface area contributed by atoms with Gasteiger partial charge in [0.25, 0.3) is 0 Å². The summed E-state index contributed by atoms with van der Waals surface area (Å²) in [6.45, 7) is 13.9. The summed E-state index contributed by atoms with van der Waals surface area (Å²) in [5, 5.41) is 2.52. The number of halogens is 4. The first-order valence-electron chi connectivity index (χ1n) is 14.3. The first-order chi connectivity index (χ1) is 19.4. The third-order valence-electron chi connectivity index (χ3n) is 8.10. The van der Waals surface area contributed by atoms with Gasteiger partial charge in [0.2, 0.25) is 0 Å². The monoisotopic (exact) mass is 821 g/mol. The van der Waals surface area contributed by atoms with E-state index in [-0.39, 0.29) is 61.8 Å². The molecule has 0 amide bonds. The molecule has 0 fully saturated rings. The Kier molecular flexibility index (Phi) is 11.9. The Morgan fingerprint density at radius 3 is 1.84 bits per heavy atom. The van der Waals surface area contributed by atoms with Crippen LogP contribution in [-0.2, 0) is 37.0 Å². The minimum atomic E-state index is -0.112. The van der Waals surface area contributed by atoms with Crippen molar-refractivity contribution < 1.29 is 51.0 Å². The Hall–Kier alpha value is -1.48. The van der Waals surface area contributed by atoms with Crippen LogP contribution in [0.5, 0.6) is 0 Å². The van der Waals surface area contributed by atoms with Gasteiger partial charge in [-0.15, -0.1) is 34.1 Å². The van der Waals surface area contributed by atoms with Crippen LogP contribution in [0.4, 0.5) is 0 Å². The standard InChI is InChI=1S/C39H35Br2.2ClH.Zr/c1-38(2,3)28-17-18-31-27(19-28)22-33-32(31)23-34(37(39(4,5)6)36(33)24-11-7-8-12-24)35(25-13-9-15-29(40)20-25)26-14-10-16-30(41)21-26;;;/h7-11,13-21,23H,12H2,1-6H3;2*1H;/q-1;;;+3/p-2. The number of hydrogen-bond donors (Lipinski definition) is 0. The van der Waals surface area contributed by atoms with Gasteiger partial charge in [-0.1, -0.05) is 156 Å². The maximum absolute atomic E-state index is 3.92. The predicted molar refractivity (Wildman–Crippen MR) is 183 cm³/mol. The van der Waals surface area contributed by atoms with E-state index in [4.69, 9.17) is 0 Å². The van der Waals surface area contributed by atoms with Crippen molar-refractivity contribution in [3.05, 3.63) is 144 Å². The minimum Gasteiger partial charge on any atom is -1.00 e. The van der Waals surface area contributed by atoms with Crippen LogP contribution in [0.3, 0.4) is 0 Å². The first-order valence-corrected chi connectivity index (χ1v) is 15.9. The van der Waals surface area contributed by atoms with Crippen LogP contribution in [0, 0.1) is 0 Å². The van der Waals surface area contributed by atoms with Gasteiger partial charge >= 0.3 is 26.2 Å². The molecule has 6 rings (SSSR count). The topological polar surface area (TPSA) is 0 Å². The molecule has 2 aliphatic rings. The van der Waals surface area contributed by atoms with E-state index < -0.39 is 0 Å². The van der Waals surface area contributed by atoms with Crippen molar-refractivity contribution in [1.82, 2.24) is 0 Å². The van der Waals surface area contributed by atoms with Crippen LogP contribution in [0.2, 0.25) is 0 Å². The molecule has 0 atom stereocenters. The SMILES string of the molecule is CC(C)(C)c1ccc2c(c1)[C-]=c1c-2cc(=C(c2cccc(Br)c2)c2cccc(Br)c2)c(C(C)(C)C)c1C1=CC=CC1.[Cl-].[Cl-].[Zr+3]. The van der Waals surface area contributed by atoms with Gasteiger partial charge in [0, 0.05) is 8.95 Å². The van der Waals surface area contributed by atoms with Gasteiger partial charge in [0.1, 0.15) is 0 Å². The van der Waals surface area contributed by atoms with Gasteiger partial charge in [-0.25, -0.2) is 0 Å². The van der Waals surface area contributed by atoms with Crippen LogP contribution >= 0.6 is 31.9 Å². The third-order valence-corrected chi connectivity index (χ3v) is 9.09. The summed E-state index contributed by atoms with van der Waals surface area (Å²) in [6, 6.07) is 26.9. The first kappa shape index (κ1) is 37.0. The Balaban J connectivity index is 0.00000176. The van der Waals surface area contributed by atoms with Crippen molar-refractivity contribution in [2.75, 3.05) is 0 Å². The van der Waals surface area contributed by atoms with Crippen molar-refractivity contribution >= 4 is 49.1 Å². The Labute approximate surface area is 311 Å². The largest absolute Gasteiger partial charge is 3.00 e. The van der Waals surface area contributed by atoms with Gasteiger partial charge < -0.3 is 24.8 Å². The third kappa shape index (κ3) is 7.08. The Bertz CT molecular complexity index is 1860. The fraction of sp³-hybridized carbons (Fsp3) is 0.231. The maximum Gasteiger partial charge on any atom is 3.00 e. The zero-order valence-corrected chi connectivity index (χ0v) is 33.0. The van der Waals surface area contributed by atoms with E-state index in [1.807, 2.05) is 0 Å². The van der Waals surface area contributed by atoms with Crippen molar-refractivity contribution in [2.45, 2.75) is 58.8 Å². The molecule has 0 heterocycles. The molecule has 44 heavy (non-hydrogen) atoms. The fourth-order valence-corrected chi connectivity index (χ4v) is 7.00. The second-order valence-corrected chi connectivity index (χ2v) is 15.0. The van der Waals surface area contributed by atoms with Crippen LogP contribution in [-0.4, -0.2) is 0 Å². The summed E-state index contributed by atoms with van der Waals surface area (Å²) >= 11 is 7.52. The molecule has 5 heteroatoms. The Morgan fingerprint density at radius 1 is 0.727 bits per heavy atom. The molecular weight excluding hydrogens is 790 g/mol. The molecule has 0 N–H and O–H groups in total. The van der Waals surface area contributed by atoms with Crippen LogP contribution < -0.4 is 35.3 Å². The van der Waals surface area contributed by atoms with E-state index in [0.717, 1.165) is 15.4 Å². The average Bonchev–Trinajstić information content (AvgIpc) is 3.55. The van der Waals surface area contributed by atoms with Crippen molar-refractivity contribution in [2.24, 2.45) is 0 Å². The van der Waals surface area contributed by atoms with E-state index in [1.165, 1.54) is 66.1 Å². The predicted octanol–water partition coefficient (Wildman–Crippen LogP) is 4.09. The van der Waals surface area contributed by atoms with Gasteiger partial charge in [-0.2, -0.15) is 0 Å². The zero-order valence-electron chi connectivity index (χ0n) is 25.9. The van der Waals surface area contributed by atoms with Gasteiger partial charge in [-0.3, -0.25) is 0 Å². The summed E-state index contributed by atoms with van der Waals surface area (Å²) in [5.74, 6) is 0. The molecule has 0 aliphatic heterocycles.